The van der Waals surface area contributed by atoms with E-state index in [9.17, 15) is 19.2 Å². The van der Waals surface area contributed by atoms with Gasteiger partial charge in [0, 0.05) is 43.7 Å². The van der Waals surface area contributed by atoms with E-state index in [2.05, 4.69) is 6.07 Å². The quantitative estimate of drug-likeness (QED) is 0.467. The molecule has 0 spiro atoms. The highest BCUT2D eigenvalue weighted by Crippen LogP contribution is 2.44. The first-order valence-corrected chi connectivity index (χ1v) is 12.1. The van der Waals surface area contributed by atoms with Crippen LogP contribution >= 0.6 is 11.8 Å². The Morgan fingerprint density at radius 2 is 1.65 bits per heavy atom. The average molecular weight is 477 g/mol. The van der Waals surface area contributed by atoms with Crippen LogP contribution in [0.5, 0.6) is 0 Å². The summed E-state index contributed by atoms with van der Waals surface area (Å²) in [6, 6.07) is 17.8. The van der Waals surface area contributed by atoms with Crippen LogP contribution in [0, 0.1) is 17.1 Å². The lowest BCUT2D eigenvalue weighted by Crippen LogP contribution is -2.51. The van der Waals surface area contributed by atoms with E-state index in [4.69, 9.17) is 0 Å². The van der Waals surface area contributed by atoms with Crippen LogP contribution < -0.4 is 4.90 Å². The van der Waals surface area contributed by atoms with Crippen LogP contribution in [-0.2, 0) is 9.59 Å². The maximum absolute atomic E-state index is 13.6. The number of anilines is 1. The Kier molecular flexibility index (Phi) is 7.33. The lowest BCUT2D eigenvalue weighted by Gasteiger charge is -2.35. The Balaban J connectivity index is 1.64. The van der Waals surface area contributed by atoms with Gasteiger partial charge in [-0.25, -0.2) is 4.39 Å². The Labute approximate surface area is 202 Å². The van der Waals surface area contributed by atoms with Gasteiger partial charge in [0.1, 0.15) is 22.5 Å². The maximum atomic E-state index is 13.6. The molecule has 0 aromatic heterocycles. The van der Waals surface area contributed by atoms with Crippen molar-refractivity contribution in [1.29, 1.82) is 5.26 Å². The summed E-state index contributed by atoms with van der Waals surface area (Å²) in [6.07, 6.45) is 1.29. The molecule has 1 fully saturated rings. The minimum Gasteiger partial charge on any atom is -0.339 e. The van der Waals surface area contributed by atoms with Crippen LogP contribution in [0.2, 0.25) is 0 Å². The molecule has 2 aromatic rings. The Bertz CT molecular complexity index is 1160. The molecule has 2 amide bonds. The van der Waals surface area contributed by atoms with Crippen LogP contribution in [0.1, 0.15) is 25.3 Å². The number of hydrogen-bond acceptors (Lipinski definition) is 5. The number of halogens is 1. The molecule has 0 aliphatic carbocycles. The third kappa shape index (κ3) is 4.85. The van der Waals surface area contributed by atoms with E-state index >= 15 is 0 Å². The van der Waals surface area contributed by atoms with Crippen LogP contribution in [-0.4, -0.2) is 47.8 Å². The van der Waals surface area contributed by atoms with Crippen molar-refractivity contribution in [2.75, 3.05) is 31.1 Å². The van der Waals surface area contributed by atoms with Crippen molar-refractivity contribution >= 4 is 35.0 Å². The van der Waals surface area contributed by atoms with Gasteiger partial charge in [0.2, 0.25) is 5.91 Å². The lowest BCUT2D eigenvalue weighted by molar-refractivity contribution is -0.137. The van der Waals surface area contributed by atoms with Gasteiger partial charge in [-0.3, -0.25) is 9.59 Å². The largest absolute Gasteiger partial charge is 0.339 e. The Morgan fingerprint density at radius 1 is 1.00 bits per heavy atom. The molecule has 0 atom stereocenters. The second-order valence-corrected chi connectivity index (χ2v) is 8.87. The van der Waals surface area contributed by atoms with Crippen molar-refractivity contribution in [1.82, 2.24) is 9.80 Å². The van der Waals surface area contributed by atoms with Gasteiger partial charge >= 0.3 is 0 Å². The molecule has 2 aliphatic rings. The topological polar surface area (TPSA) is 67.6 Å². The van der Waals surface area contributed by atoms with Gasteiger partial charge in [-0.1, -0.05) is 49.0 Å². The predicted molar refractivity (Wildman–Crippen MR) is 132 cm³/mol. The lowest BCUT2D eigenvalue weighted by atomic mass is 10.1. The number of carbonyl (C=O) groups is 2. The van der Waals surface area contributed by atoms with E-state index in [1.807, 2.05) is 47.6 Å². The summed E-state index contributed by atoms with van der Waals surface area (Å²) in [5, 5.41) is 12.4. The summed E-state index contributed by atoms with van der Waals surface area (Å²) < 4.78 is 13.6. The van der Waals surface area contributed by atoms with Crippen molar-refractivity contribution in [2.24, 2.45) is 0 Å². The highest BCUT2D eigenvalue weighted by atomic mass is 32.2. The Hall–Kier alpha value is -3.57. The summed E-state index contributed by atoms with van der Waals surface area (Å²) >= 11 is 1.30. The summed E-state index contributed by atoms with van der Waals surface area (Å²) in [6.45, 7) is 3.65. The van der Waals surface area contributed by atoms with E-state index in [1.54, 1.807) is 21.9 Å². The molecule has 0 saturated carbocycles. The van der Waals surface area contributed by atoms with E-state index in [-0.39, 0.29) is 23.2 Å². The highest BCUT2D eigenvalue weighted by Gasteiger charge is 2.33. The maximum Gasteiger partial charge on any atom is 0.267 e. The molecule has 0 N–H and O–H groups in total. The second kappa shape index (κ2) is 10.6. The molecule has 0 unspecified atom stereocenters. The molecule has 174 valence electrons. The molecule has 2 aromatic carbocycles. The van der Waals surface area contributed by atoms with Crippen molar-refractivity contribution in [3.63, 3.8) is 0 Å². The third-order valence-electron chi connectivity index (χ3n) is 5.80. The molecule has 8 heteroatoms. The summed E-state index contributed by atoms with van der Waals surface area (Å²) in [5.74, 6) is -0.625. The van der Waals surface area contributed by atoms with E-state index in [0.29, 0.717) is 43.3 Å². The SMILES string of the molecule is CCCC(=O)N1CCN(C(=O)/C(C#N)=C2\SC=C(c3ccccc3)N2c2ccc(F)cc2)CC1. The summed E-state index contributed by atoms with van der Waals surface area (Å²) in [5.41, 5.74) is 2.42. The number of nitrogens with zero attached hydrogens (tertiary/aromatic N) is 4. The van der Waals surface area contributed by atoms with Crippen molar-refractivity contribution < 1.29 is 14.0 Å². The number of thioether (sulfide) groups is 1. The normalized spacial score (nSPS) is 17.3. The zero-order valence-electron chi connectivity index (χ0n) is 18.9. The number of rotatable bonds is 5. The first kappa shape index (κ1) is 23.6. The Morgan fingerprint density at radius 3 is 2.26 bits per heavy atom. The molecule has 2 heterocycles. The molecule has 4 rings (SSSR count). The zero-order chi connectivity index (χ0) is 24.1. The number of amides is 2. The predicted octanol–water partition coefficient (Wildman–Crippen LogP) is 4.58. The molecule has 1 saturated heterocycles. The van der Waals surface area contributed by atoms with Crippen LogP contribution in [0.3, 0.4) is 0 Å². The van der Waals surface area contributed by atoms with Crippen LogP contribution in [0.15, 0.2) is 70.6 Å². The second-order valence-electron chi connectivity index (χ2n) is 8.01. The van der Waals surface area contributed by atoms with Crippen molar-refractivity contribution in [2.45, 2.75) is 19.8 Å². The number of piperazine rings is 1. The minimum atomic E-state index is -0.363. The van der Waals surface area contributed by atoms with Gasteiger partial charge < -0.3 is 14.7 Å². The fourth-order valence-electron chi connectivity index (χ4n) is 4.03. The number of nitriles is 1. The monoisotopic (exact) mass is 476 g/mol. The minimum absolute atomic E-state index is 0.0323. The first-order valence-electron chi connectivity index (χ1n) is 11.2. The summed E-state index contributed by atoms with van der Waals surface area (Å²) in [7, 11) is 0. The highest BCUT2D eigenvalue weighted by molar-refractivity contribution is 8.06. The molecular weight excluding hydrogens is 451 g/mol. The van der Waals surface area contributed by atoms with E-state index < -0.39 is 0 Å². The first-order chi connectivity index (χ1) is 16.5. The van der Waals surface area contributed by atoms with Gasteiger partial charge in [-0.2, -0.15) is 5.26 Å². The van der Waals surface area contributed by atoms with Gasteiger partial charge in [-0.05, 0) is 36.2 Å². The van der Waals surface area contributed by atoms with Gasteiger partial charge in [-0.15, -0.1) is 0 Å². The molecule has 0 radical (unpaired) electrons. The third-order valence-corrected chi connectivity index (χ3v) is 6.75. The van der Waals surface area contributed by atoms with Gasteiger partial charge in [0.05, 0.1) is 5.70 Å². The summed E-state index contributed by atoms with van der Waals surface area (Å²) in [4.78, 5) is 30.8. The van der Waals surface area contributed by atoms with E-state index in [0.717, 1.165) is 17.7 Å². The standard InChI is InChI=1S/C26H25FN4O2S/c1-2-6-24(32)29-13-15-30(16-14-29)25(33)22(17-28)26-31(21-11-9-20(27)10-12-21)23(18-34-26)19-7-4-3-5-8-19/h3-5,7-12,18H,2,6,13-16H2,1H3/b26-22-. The average Bonchev–Trinajstić information content (AvgIpc) is 3.30. The molecular formula is C26H25FN4O2S. The van der Waals surface area contributed by atoms with Gasteiger partial charge in [0.15, 0.2) is 0 Å². The van der Waals surface area contributed by atoms with Crippen LogP contribution in [0.4, 0.5) is 10.1 Å². The molecule has 6 nitrogen and oxygen atoms in total. The van der Waals surface area contributed by atoms with Crippen molar-refractivity contribution in [3.8, 4) is 6.07 Å². The molecule has 2 aliphatic heterocycles. The number of benzene rings is 2. The fraction of sp³-hybridized carbons (Fsp3) is 0.269. The van der Waals surface area contributed by atoms with E-state index in [1.165, 1.54) is 23.9 Å². The molecule has 0 bridgehead atoms. The smallest absolute Gasteiger partial charge is 0.267 e. The molecule has 34 heavy (non-hydrogen) atoms. The number of carbonyl (C=O) groups excluding carboxylic acids is 2. The number of hydrogen-bond donors (Lipinski definition) is 0. The van der Waals surface area contributed by atoms with Crippen molar-refractivity contribution in [3.05, 3.63) is 82.0 Å². The zero-order valence-corrected chi connectivity index (χ0v) is 19.7. The van der Waals surface area contributed by atoms with Gasteiger partial charge in [0.25, 0.3) is 5.91 Å². The van der Waals surface area contributed by atoms with Crippen LogP contribution in [0.25, 0.3) is 5.70 Å². The fourth-order valence-corrected chi connectivity index (χ4v) is 5.05.